The van der Waals surface area contributed by atoms with Crippen LogP contribution >= 0.6 is 22.9 Å². The van der Waals surface area contributed by atoms with E-state index in [0.717, 1.165) is 10.9 Å². The maximum atomic E-state index is 13.8. The molecule has 3 nitrogen and oxygen atoms in total. The fourth-order valence-electron chi connectivity index (χ4n) is 1.71. The Morgan fingerprint density at radius 2 is 2.15 bits per heavy atom. The standard InChI is InChI=1S/C14H12ClFN2OS/c1-8(18)14(12-4-5-13(15)20-12)19-11-3-2-9(7-17)6-10(11)16/h2-6,8,14H,18H2,1H3. The average Bonchev–Trinajstić information content (AvgIpc) is 2.83. The number of hydrogen-bond acceptors (Lipinski definition) is 4. The number of ether oxygens (including phenoxy) is 1. The van der Waals surface area contributed by atoms with Crippen molar-refractivity contribution >= 4 is 22.9 Å². The van der Waals surface area contributed by atoms with Gasteiger partial charge in [-0.15, -0.1) is 11.3 Å². The monoisotopic (exact) mass is 310 g/mol. The summed E-state index contributed by atoms with van der Waals surface area (Å²) in [5.41, 5.74) is 6.14. The molecule has 0 aliphatic carbocycles. The third-order valence-corrected chi connectivity index (χ3v) is 3.96. The van der Waals surface area contributed by atoms with Crippen molar-refractivity contribution in [1.82, 2.24) is 0 Å². The molecule has 1 heterocycles. The van der Waals surface area contributed by atoms with Gasteiger partial charge in [0.2, 0.25) is 0 Å². The van der Waals surface area contributed by atoms with Crippen molar-refractivity contribution in [3.8, 4) is 11.8 Å². The van der Waals surface area contributed by atoms with Crippen LogP contribution in [0.1, 0.15) is 23.5 Å². The largest absolute Gasteiger partial charge is 0.480 e. The lowest BCUT2D eigenvalue weighted by atomic mass is 10.1. The second-order valence-electron chi connectivity index (χ2n) is 4.30. The Hall–Kier alpha value is -1.61. The lowest BCUT2D eigenvalue weighted by Crippen LogP contribution is -2.28. The SMILES string of the molecule is CC(N)C(Oc1ccc(C#N)cc1F)c1ccc(Cl)s1. The molecule has 1 aromatic carbocycles. The summed E-state index contributed by atoms with van der Waals surface area (Å²) in [5.74, 6) is -0.520. The van der Waals surface area contributed by atoms with Gasteiger partial charge in [-0.3, -0.25) is 0 Å². The van der Waals surface area contributed by atoms with Gasteiger partial charge in [-0.1, -0.05) is 11.6 Å². The van der Waals surface area contributed by atoms with Gasteiger partial charge in [0.15, 0.2) is 11.6 Å². The van der Waals surface area contributed by atoms with Crippen molar-refractivity contribution in [2.75, 3.05) is 0 Å². The molecule has 0 saturated carbocycles. The predicted octanol–water partition coefficient (Wildman–Crippen LogP) is 3.88. The van der Waals surface area contributed by atoms with Crippen LogP contribution in [-0.4, -0.2) is 6.04 Å². The summed E-state index contributed by atoms with van der Waals surface area (Å²) in [4.78, 5) is 0.828. The molecule has 0 amide bonds. The summed E-state index contributed by atoms with van der Waals surface area (Å²) in [6.07, 6.45) is -0.491. The molecule has 0 radical (unpaired) electrons. The topological polar surface area (TPSA) is 59.0 Å². The number of thiophene rings is 1. The van der Waals surface area contributed by atoms with Crippen LogP contribution in [-0.2, 0) is 0 Å². The highest BCUT2D eigenvalue weighted by molar-refractivity contribution is 7.16. The van der Waals surface area contributed by atoms with Crippen LogP contribution in [0.3, 0.4) is 0 Å². The fourth-order valence-corrected chi connectivity index (χ4v) is 2.91. The number of nitrogens with two attached hydrogens (primary N) is 1. The molecule has 0 fully saturated rings. The first-order chi connectivity index (χ1) is 9.51. The number of nitrogens with zero attached hydrogens (tertiary/aromatic N) is 1. The molecule has 2 N–H and O–H groups in total. The number of benzene rings is 1. The Labute approximate surface area is 125 Å². The maximum Gasteiger partial charge on any atom is 0.166 e. The van der Waals surface area contributed by atoms with Crippen LogP contribution in [0.5, 0.6) is 5.75 Å². The number of hydrogen-bond donors (Lipinski definition) is 1. The molecule has 0 aliphatic rings. The van der Waals surface area contributed by atoms with Gasteiger partial charge in [0, 0.05) is 10.9 Å². The van der Waals surface area contributed by atoms with Gasteiger partial charge in [0.25, 0.3) is 0 Å². The number of halogens is 2. The second kappa shape index (κ2) is 6.23. The lowest BCUT2D eigenvalue weighted by Gasteiger charge is -2.21. The van der Waals surface area contributed by atoms with Crippen molar-refractivity contribution in [3.05, 3.63) is 50.9 Å². The van der Waals surface area contributed by atoms with Crippen molar-refractivity contribution in [3.63, 3.8) is 0 Å². The van der Waals surface area contributed by atoms with Crippen molar-refractivity contribution in [1.29, 1.82) is 5.26 Å². The molecule has 2 aromatic rings. The van der Waals surface area contributed by atoms with Crippen LogP contribution in [0, 0.1) is 17.1 Å². The Kier molecular flexibility index (Phi) is 4.61. The van der Waals surface area contributed by atoms with Gasteiger partial charge in [-0.2, -0.15) is 5.26 Å². The Bertz CT molecular complexity index is 651. The van der Waals surface area contributed by atoms with Crippen molar-refractivity contribution in [2.45, 2.75) is 19.1 Å². The van der Waals surface area contributed by atoms with Crippen LogP contribution in [0.4, 0.5) is 4.39 Å². The highest BCUT2D eigenvalue weighted by Gasteiger charge is 2.21. The number of nitriles is 1. The quantitative estimate of drug-likeness (QED) is 0.932. The van der Waals surface area contributed by atoms with Crippen LogP contribution < -0.4 is 10.5 Å². The highest BCUT2D eigenvalue weighted by Crippen LogP contribution is 2.32. The van der Waals surface area contributed by atoms with Gasteiger partial charge < -0.3 is 10.5 Å². The third-order valence-electron chi connectivity index (χ3n) is 2.67. The van der Waals surface area contributed by atoms with Crippen LogP contribution in [0.25, 0.3) is 0 Å². The van der Waals surface area contributed by atoms with E-state index in [1.807, 2.05) is 12.1 Å². The molecule has 20 heavy (non-hydrogen) atoms. The van der Waals surface area contributed by atoms with Crippen LogP contribution in [0.15, 0.2) is 30.3 Å². The van der Waals surface area contributed by atoms with E-state index in [4.69, 9.17) is 27.3 Å². The zero-order valence-corrected chi connectivity index (χ0v) is 12.2. The Morgan fingerprint density at radius 3 is 2.65 bits per heavy atom. The summed E-state index contributed by atoms with van der Waals surface area (Å²) in [5, 5.41) is 8.71. The minimum absolute atomic E-state index is 0.0656. The fraction of sp³-hybridized carbons (Fsp3) is 0.214. The molecular formula is C14H12ClFN2OS. The van der Waals surface area contributed by atoms with Gasteiger partial charge in [-0.05, 0) is 37.3 Å². The molecule has 2 atom stereocenters. The first-order valence-electron chi connectivity index (χ1n) is 5.88. The Morgan fingerprint density at radius 1 is 1.40 bits per heavy atom. The zero-order chi connectivity index (χ0) is 14.7. The lowest BCUT2D eigenvalue weighted by molar-refractivity contribution is 0.176. The van der Waals surface area contributed by atoms with Crippen molar-refractivity contribution in [2.24, 2.45) is 5.73 Å². The molecule has 104 valence electrons. The molecule has 1 aromatic heterocycles. The predicted molar refractivity (Wildman–Crippen MR) is 77.5 cm³/mol. The summed E-state index contributed by atoms with van der Waals surface area (Å²) < 4.78 is 20.1. The highest BCUT2D eigenvalue weighted by atomic mass is 35.5. The molecule has 2 rings (SSSR count). The van der Waals surface area contributed by atoms with E-state index < -0.39 is 11.9 Å². The number of rotatable bonds is 4. The van der Waals surface area contributed by atoms with E-state index in [1.54, 1.807) is 13.0 Å². The normalized spacial score (nSPS) is 13.6. The van der Waals surface area contributed by atoms with E-state index in [1.165, 1.54) is 23.5 Å². The molecule has 0 spiro atoms. The smallest absolute Gasteiger partial charge is 0.166 e. The summed E-state index contributed by atoms with van der Waals surface area (Å²) >= 11 is 7.24. The maximum absolute atomic E-state index is 13.8. The second-order valence-corrected chi connectivity index (χ2v) is 6.04. The zero-order valence-electron chi connectivity index (χ0n) is 10.6. The van der Waals surface area contributed by atoms with Crippen LogP contribution in [0.2, 0.25) is 4.34 Å². The molecule has 2 unspecified atom stereocenters. The summed E-state index contributed by atoms with van der Waals surface area (Å²) in [7, 11) is 0. The van der Waals surface area contributed by atoms with E-state index in [9.17, 15) is 4.39 Å². The first-order valence-corrected chi connectivity index (χ1v) is 7.08. The van der Waals surface area contributed by atoms with E-state index in [-0.39, 0.29) is 17.4 Å². The van der Waals surface area contributed by atoms with Crippen molar-refractivity contribution < 1.29 is 9.13 Å². The van der Waals surface area contributed by atoms with E-state index in [0.29, 0.717) is 4.34 Å². The average molecular weight is 311 g/mol. The third kappa shape index (κ3) is 3.28. The summed E-state index contributed by atoms with van der Waals surface area (Å²) in [6.45, 7) is 1.78. The van der Waals surface area contributed by atoms with Gasteiger partial charge in [0.05, 0.1) is 16.0 Å². The molecule has 6 heteroatoms. The van der Waals surface area contributed by atoms with Gasteiger partial charge >= 0.3 is 0 Å². The van der Waals surface area contributed by atoms with Gasteiger partial charge in [0.1, 0.15) is 6.10 Å². The summed E-state index contributed by atoms with van der Waals surface area (Å²) in [6, 6.07) is 9.15. The Balaban J connectivity index is 2.27. The molecule has 0 saturated heterocycles. The first kappa shape index (κ1) is 14.8. The molecule has 0 aliphatic heterocycles. The molecule has 0 bridgehead atoms. The minimum atomic E-state index is -0.586. The molecular weight excluding hydrogens is 299 g/mol. The van der Waals surface area contributed by atoms with Gasteiger partial charge in [-0.25, -0.2) is 4.39 Å². The minimum Gasteiger partial charge on any atom is -0.480 e. The van der Waals surface area contributed by atoms with E-state index in [2.05, 4.69) is 0 Å². The van der Waals surface area contributed by atoms with E-state index >= 15 is 0 Å².